The second-order valence-electron chi connectivity index (χ2n) is 3.37. The third-order valence-electron chi connectivity index (χ3n) is 2.11. The minimum atomic E-state index is -0.00481. The average Bonchev–Trinajstić information content (AvgIpc) is 2.25. The van der Waals surface area contributed by atoms with Gasteiger partial charge in [0.05, 0.1) is 17.5 Å². The molecule has 0 spiro atoms. The average molecular weight is 224 g/mol. The third-order valence-corrected chi connectivity index (χ3v) is 3.03. The summed E-state index contributed by atoms with van der Waals surface area (Å²) in [5, 5.41) is 2.85. The monoisotopic (exact) mass is 224 g/mol. The number of carbonyl (C=O) groups is 1. The molecule has 4 heteroatoms. The van der Waals surface area contributed by atoms with Crippen molar-refractivity contribution in [2.45, 2.75) is 25.6 Å². The zero-order chi connectivity index (χ0) is 11.3. The number of hydrogen-bond donors (Lipinski definition) is 1. The van der Waals surface area contributed by atoms with Gasteiger partial charge in [-0.25, -0.2) is 0 Å². The Kier molecular flexibility index (Phi) is 4.62. The van der Waals surface area contributed by atoms with E-state index >= 15 is 0 Å². The Morgan fingerprint density at radius 1 is 1.60 bits per heavy atom. The first-order valence-corrected chi connectivity index (χ1v) is 6.15. The van der Waals surface area contributed by atoms with E-state index in [4.69, 9.17) is 0 Å². The lowest BCUT2D eigenvalue weighted by Gasteiger charge is -2.09. The first-order chi connectivity index (χ1) is 7.13. The summed E-state index contributed by atoms with van der Waals surface area (Å²) in [6.07, 6.45) is 1.93. The van der Waals surface area contributed by atoms with Crippen molar-refractivity contribution in [1.82, 2.24) is 10.3 Å². The van der Waals surface area contributed by atoms with Crippen LogP contribution in [0.1, 0.15) is 18.3 Å². The summed E-state index contributed by atoms with van der Waals surface area (Å²) in [7, 11) is 0. The molecule has 0 bridgehead atoms. The van der Waals surface area contributed by atoms with Crippen LogP contribution in [0.2, 0.25) is 0 Å². The Hall–Kier alpha value is -1.03. The highest BCUT2D eigenvalue weighted by molar-refractivity contribution is 7.99. The number of nitrogens with zero attached hydrogens (tertiary/aromatic N) is 1. The fraction of sp³-hybridized carbons (Fsp3) is 0.455. The highest BCUT2D eigenvalue weighted by Crippen LogP contribution is 2.05. The first-order valence-electron chi connectivity index (χ1n) is 4.86. The van der Waals surface area contributed by atoms with Crippen molar-refractivity contribution in [1.29, 1.82) is 0 Å². The quantitative estimate of drug-likeness (QED) is 0.847. The molecule has 1 heterocycles. The Bertz CT molecular complexity index is 341. The summed E-state index contributed by atoms with van der Waals surface area (Å²) in [5.74, 6) is 0.0609. The minimum Gasteiger partial charge on any atom is -0.349 e. The molecule has 1 unspecified atom stereocenters. The first kappa shape index (κ1) is 12.0. The maximum Gasteiger partial charge on any atom is 0.233 e. The molecule has 1 rings (SSSR count). The van der Waals surface area contributed by atoms with E-state index in [-0.39, 0.29) is 11.2 Å². The molecule has 0 fully saturated rings. The summed E-state index contributed by atoms with van der Waals surface area (Å²) in [4.78, 5) is 15.8. The van der Waals surface area contributed by atoms with Crippen molar-refractivity contribution in [2.24, 2.45) is 0 Å². The molecule has 1 N–H and O–H groups in total. The predicted octanol–water partition coefficient (Wildman–Crippen LogP) is 1.76. The minimum absolute atomic E-state index is 0.00481. The van der Waals surface area contributed by atoms with Crippen LogP contribution in [-0.4, -0.2) is 22.4 Å². The Morgan fingerprint density at radius 2 is 2.33 bits per heavy atom. The van der Waals surface area contributed by atoms with Gasteiger partial charge in [-0.05, 0) is 32.2 Å². The van der Waals surface area contributed by atoms with Gasteiger partial charge in [0.2, 0.25) is 5.91 Å². The van der Waals surface area contributed by atoms with Crippen LogP contribution in [0, 0.1) is 6.92 Å². The van der Waals surface area contributed by atoms with Gasteiger partial charge >= 0.3 is 0 Å². The van der Waals surface area contributed by atoms with Crippen LogP contribution < -0.4 is 5.32 Å². The van der Waals surface area contributed by atoms with Gasteiger partial charge in [0, 0.05) is 5.69 Å². The van der Waals surface area contributed by atoms with Crippen molar-refractivity contribution in [3.63, 3.8) is 0 Å². The molecular formula is C11H16N2OS. The van der Waals surface area contributed by atoms with Gasteiger partial charge in [0.25, 0.3) is 0 Å². The molecule has 0 saturated heterocycles. The Labute approximate surface area is 94.7 Å². The van der Waals surface area contributed by atoms with Crippen LogP contribution in [0.4, 0.5) is 0 Å². The van der Waals surface area contributed by atoms with Gasteiger partial charge in [-0.15, -0.1) is 0 Å². The van der Waals surface area contributed by atoms with E-state index in [2.05, 4.69) is 10.3 Å². The normalized spacial score (nSPS) is 12.2. The molecule has 0 aliphatic rings. The molecule has 0 aliphatic carbocycles. The zero-order valence-electron chi connectivity index (χ0n) is 9.28. The standard InChI is InChI=1S/C11H16N2OS/c1-8-5-4-6-10(13-8)7-12-11(14)9(2)15-3/h4-6,9H,7H2,1-3H3,(H,12,14). The molecule has 0 aromatic carbocycles. The number of pyridine rings is 1. The maximum absolute atomic E-state index is 11.5. The molecule has 82 valence electrons. The van der Waals surface area contributed by atoms with Gasteiger partial charge in [0.15, 0.2) is 0 Å². The van der Waals surface area contributed by atoms with Crippen LogP contribution in [0.25, 0.3) is 0 Å². The van der Waals surface area contributed by atoms with E-state index in [9.17, 15) is 4.79 Å². The molecular weight excluding hydrogens is 208 g/mol. The van der Waals surface area contributed by atoms with E-state index in [1.807, 2.05) is 38.3 Å². The van der Waals surface area contributed by atoms with Crippen LogP contribution in [0.15, 0.2) is 18.2 Å². The number of amides is 1. The second-order valence-corrected chi connectivity index (χ2v) is 4.54. The molecule has 1 aromatic heterocycles. The van der Waals surface area contributed by atoms with Gasteiger partial charge in [0.1, 0.15) is 0 Å². The van der Waals surface area contributed by atoms with Crippen molar-refractivity contribution in [3.8, 4) is 0 Å². The molecule has 0 saturated carbocycles. The molecule has 1 aromatic rings. The van der Waals surface area contributed by atoms with E-state index in [1.165, 1.54) is 11.8 Å². The van der Waals surface area contributed by atoms with Gasteiger partial charge in [-0.1, -0.05) is 6.07 Å². The number of aromatic nitrogens is 1. The lowest BCUT2D eigenvalue weighted by atomic mass is 10.3. The molecule has 0 aliphatic heterocycles. The molecule has 15 heavy (non-hydrogen) atoms. The number of carbonyl (C=O) groups excluding carboxylic acids is 1. The highest BCUT2D eigenvalue weighted by Gasteiger charge is 2.10. The van der Waals surface area contributed by atoms with Crippen molar-refractivity contribution in [2.75, 3.05) is 6.26 Å². The Balaban J connectivity index is 2.47. The lowest BCUT2D eigenvalue weighted by molar-refractivity contribution is -0.120. The number of thioether (sulfide) groups is 1. The van der Waals surface area contributed by atoms with Crippen molar-refractivity contribution >= 4 is 17.7 Å². The van der Waals surface area contributed by atoms with Crippen LogP contribution in [0.5, 0.6) is 0 Å². The van der Waals surface area contributed by atoms with Crippen LogP contribution in [-0.2, 0) is 11.3 Å². The highest BCUT2D eigenvalue weighted by atomic mass is 32.2. The molecule has 3 nitrogen and oxygen atoms in total. The summed E-state index contributed by atoms with van der Waals surface area (Å²) in [6.45, 7) is 4.34. The van der Waals surface area contributed by atoms with Crippen LogP contribution in [0.3, 0.4) is 0 Å². The molecule has 1 amide bonds. The van der Waals surface area contributed by atoms with Crippen LogP contribution >= 0.6 is 11.8 Å². The topological polar surface area (TPSA) is 42.0 Å². The van der Waals surface area contributed by atoms with Gasteiger partial charge in [-0.3, -0.25) is 9.78 Å². The molecule has 0 radical (unpaired) electrons. The van der Waals surface area contributed by atoms with Gasteiger partial charge in [-0.2, -0.15) is 11.8 Å². The fourth-order valence-corrected chi connectivity index (χ4v) is 1.42. The van der Waals surface area contributed by atoms with E-state index in [0.717, 1.165) is 11.4 Å². The maximum atomic E-state index is 11.5. The largest absolute Gasteiger partial charge is 0.349 e. The zero-order valence-corrected chi connectivity index (χ0v) is 10.1. The Morgan fingerprint density at radius 3 is 2.93 bits per heavy atom. The van der Waals surface area contributed by atoms with Crippen molar-refractivity contribution < 1.29 is 4.79 Å². The second kappa shape index (κ2) is 5.75. The summed E-state index contributed by atoms with van der Waals surface area (Å²) >= 11 is 1.54. The third kappa shape index (κ3) is 3.91. The predicted molar refractivity (Wildman–Crippen MR) is 63.8 cm³/mol. The fourth-order valence-electron chi connectivity index (χ4n) is 1.13. The van der Waals surface area contributed by atoms with Gasteiger partial charge < -0.3 is 5.32 Å². The van der Waals surface area contributed by atoms with E-state index in [0.29, 0.717) is 6.54 Å². The summed E-state index contributed by atoms with van der Waals surface area (Å²) in [5.41, 5.74) is 1.87. The summed E-state index contributed by atoms with van der Waals surface area (Å²) in [6, 6.07) is 5.80. The van der Waals surface area contributed by atoms with Crippen molar-refractivity contribution in [3.05, 3.63) is 29.6 Å². The number of rotatable bonds is 4. The van der Waals surface area contributed by atoms with E-state index in [1.54, 1.807) is 0 Å². The number of hydrogen-bond acceptors (Lipinski definition) is 3. The smallest absolute Gasteiger partial charge is 0.233 e. The number of nitrogens with one attached hydrogen (secondary N) is 1. The lowest BCUT2D eigenvalue weighted by Crippen LogP contribution is -2.30. The van der Waals surface area contributed by atoms with E-state index < -0.39 is 0 Å². The molecule has 1 atom stereocenters. The number of aryl methyl sites for hydroxylation is 1. The summed E-state index contributed by atoms with van der Waals surface area (Å²) < 4.78 is 0. The SMILES string of the molecule is CSC(C)C(=O)NCc1cccc(C)n1.